The van der Waals surface area contributed by atoms with Crippen LogP contribution in [0.3, 0.4) is 0 Å². The maximum Gasteiger partial charge on any atom is 0.120 e. The zero-order chi connectivity index (χ0) is 10.6. The van der Waals surface area contributed by atoms with E-state index in [0.29, 0.717) is 12.0 Å². The molecule has 0 saturated carbocycles. The molecule has 1 aromatic heterocycles. The van der Waals surface area contributed by atoms with E-state index in [1.54, 1.807) is 0 Å². The Morgan fingerprint density at radius 2 is 2.07 bits per heavy atom. The summed E-state index contributed by atoms with van der Waals surface area (Å²) in [6, 6.07) is 0.508. The van der Waals surface area contributed by atoms with Gasteiger partial charge in [0.2, 0.25) is 0 Å². The van der Waals surface area contributed by atoms with Crippen molar-refractivity contribution in [1.29, 1.82) is 0 Å². The SMILES string of the molecule is CC(C)Cc1cnc(CNC(C)C)[nH]1. The largest absolute Gasteiger partial charge is 0.345 e. The van der Waals surface area contributed by atoms with E-state index < -0.39 is 0 Å². The number of hydrogen-bond donors (Lipinski definition) is 2. The van der Waals surface area contributed by atoms with Gasteiger partial charge >= 0.3 is 0 Å². The summed E-state index contributed by atoms with van der Waals surface area (Å²) in [5.74, 6) is 1.72. The van der Waals surface area contributed by atoms with Gasteiger partial charge in [-0.25, -0.2) is 4.98 Å². The molecule has 0 saturated heterocycles. The molecule has 1 aromatic rings. The van der Waals surface area contributed by atoms with Crippen LogP contribution in [0.4, 0.5) is 0 Å². The minimum absolute atomic E-state index is 0.508. The second-order valence-electron chi connectivity index (χ2n) is 4.49. The lowest BCUT2D eigenvalue weighted by Crippen LogP contribution is -2.22. The number of imidazole rings is 1. The van der Waals surface area contributed by atoms with Crippen LogP contribution in [0.25, 0.3) is 0 Å². The third-order valence-corrected chi connectivity index (χ3v) is 1.99. The predicted molar refractivity (Wildman–Crippen MR) is 59.1 cm³/mol. The first-order chi connectivity index (χ1) is 6.58. The molecular formula is C11H21N3. The van der Waals surface area contributed by atoms with Gasteiger partial charge in [-0.3, -0.25) is 0 Å². The lowest BCUT2D eigenvalue weighted by atomic mass is 10.1. The number of rotatable bonds is 5. The zero-order valence-corrected chi connectivity index (χ0v) is 9.59. The molecule has 0 fully saturated rings. The molecule has 80 valence electrons. The topological polar surface area (TPSA) is 40.7 Å². The van der Waals surface area contributed by atoms with Gasteiger partial charge in [-0.05, 0) is 12.3 Å². The molecular weight excluding hydrogens is 174 g/mol. The molecule has 14 heavy (non-hydrogen) atoms. The Balaban J connectivity index is 2.42. The highest BCUT2D eigenvalue weighted by atomic mass is 15.0. The highest BCUT2D eigenvalue weighted by Gasteiger charge is 2.03. The van der Waals surface area contributed by atoms with Crippen molar-refractivity contribution in [3.05, 3.63) is 17.7 Å². The summed E-state index contributed by atoms with van der Waals surface area (Å²) in [7, 11) is 0. The number of nitrogens with zero attached hydrogens (tertiary/aromatic N) is 1. The van der Waals surface area contributed by atoms with Crippen molar-refractivity contribution >= 4 is 0 Å². The molecule has 0 aliphatic rings. The van der Waals surface area contributed by atoms with E-state index in [4.69, 9.17) is 0 Å². The molecule has 2 N–H and O–H groups in total. The number of nitrogens with one attached hydrogen (secondary N) is 2. The number of aromatic nitrogens is 2. The van der Waals surface area contributed by atoms with Crippen LogP contribution in [-0.2, 0) is 13.0 Å². The van der Waals surface area contributed by atoms with Crippen molar-refractivity contribution in [2.24, 2.45) is 5.92 Å². The average Bonchev–Trinajstić information content (AvgIpc) is 2.47. The summed E-state index contributed by atoms with van der Waals surface area (Å²) in [6.45, 7) is 9.53. The molecule has 0 atom stereocenters. The van der Waals surface area contributed by atoms with Gasteiger partial charge in [0.15, 0.2) is 0 Å². The maximum atomic E-state index is 4.32. The van der Waals surface area contributed by atoms with Gasteiger partial charge in [0, 0.05) is 17.9 Å². The molecule has 0 aliphatic carbocycles. The molecule has 0 bridgehead atoms. The van der Waals surface area contributed by atoms with Gasteiger partial charge in [0.05, 0.1) is 6.54 Å². The summed E-state index contributed by atoms with van der Waals surface area (Å²) in [6.07, 6.45) is 3.02. The van der Waals surface area contributed by atoms with Crippen molar-refractivity contribution in [1.82, 2.24) is 15.3 Å². The van der Waals surface area contributed by atoms with Crippen LogP contribution >= 0.6 is 0 Å². The number of hydrogen-bond acceptors (Lipinski definition) is 2. The number of H-pyrrole nitrogens is 1. The Kier molecular flexibility index (Phi) is 4.14. The van der Waals surface area contributed by atoms with Crippen molar-refractivity contribution in [3.63, 3.8) is 0 Å². The summed E-state index contributed by atoms with van der Waals surface area (Å²) >= 11 is 0. The molecule has 3 heteroatoms. The van der Waals surface area contributed by atoms with Crippen LogP contribution in [0.2, 0.25) is 0 Å². The second-order valence-corrected chi connectivity index (χ2v) is 4.49. The second kappa shape index (κ2) is 5.15. The third-order valence-electron chi connectivity index (χ3n) is 1.99. The minimum Gasteiger partial charge on any atom is -0.345 e. The molecule has 0 aliphatic heterocycles. The molecule has 0 aromatic carbocycles. The highest BCUT2D eigenvalue weighted by molar-refractivity contribution is 5.01. The molecule has 0 radical (unpaired) electrons. The van der Waals surface area contributed by atoms with Gasteiger partial charge in [0.1, 0.15) is 5.82 Å². The van der Waals surface area contributed by atoms with E-state index in [2.05, 4.69) is 43.0 Å². The van der Waals surface area contributed by atoms with E-state index in [9.17, 15) is 0 Å². The summed E-state index contributed by atoms with van der Waals surface area (Å²) in [5, 5.41) is 3.33. The molecule has 1 heterocycles. The lowest BCUT2D eigenvalue weighted by molar-refractivity contribution is 0.573. The Bertz CT molecular complexity index is 263. The van der Waals surface area contributed by atoms with Crippen LogP contribution in [0, 0.1) is 5.92 Å². The van der Waals surface area contributed by atoms with Gasteiger partial charge in [-0.15, -0.1) is 0 Å². The molecule has 0 unspecified atom stereocenters. The van der Waals surface area contributed by atoms with Crippen molar-refractivity contribution < 1.29 is 0 Å². The van der Waals surface area contributed by atoms with E-state index in [-0.39, 0.29) is 0 Å². The fourth-order valence-corrected chi connectivity index (χ4v) is 1.34. The van der Waals surface area contributed by atoms with Crippen LogP contribution < -0.4 is 5.32 Å². The van der Waals surface area contributed by atoms with Crippen molar-refractivity contribution in [2.75, 3.05) is 0 Å². The Morgan fingerprint density at radius 3 is 2.64 bits per heavy atom. The summed E-state index contributed by atoms with van der Waals surface area (Å²) in [5.41, 5.74) is 1.24. The van der Waals surface area contributed by atoms with Crippen LogP contribution in [-0.4, -0.2) is 16.0 Å². The lowest BCUT2D eigenvalue weighted by Gasteiger charge is -2.05. The van der Waals surface area contributed by atoms with E-state index in [1.165, 1.54) is 5.69 Å². The van der Waals surface area contributed by atoms with E-state index in [1.807, 2.05) is 6.20 Å². The summed E-state index contributed by atoms with van der Waals surface area (Å²) < 4.78 is 0. The third kappa shape index (κ3) is 3.92. The van der Waals surface area contributed by atoms with Crippen LogP contribution in [0.5, 0.6) is 0 Å². The van der Waals surface area contributed by atoms with Gasteiger partial charge < -0.3 is 10.3 Å². The molecule has 0 spiro atoms. The molecule has 3 nitrogen and oxygen atoms in total. The maximum absolute atomic E-state index is 4.32. The minimum atomic E-state index is 0.508. The monoisotopic (exact) mass is 195 g/mol. The van der Waals surface area contributed by atoms with Crippen LogP contribution in [0.1, 0.15) is 39.2 Å². The predicted octanol–water partition coefficient (Wildman–Crippen LogP) is 2.11. The van der Waals surface area contributed by atoms with Crippen LogP contribution in [0.15, 0.2) is 6.20 Å². The fourth-order valence-electron chi connectivity index (χ4n) is 1.34. The van der Waals surface area contributed by atoms with E-state index >= 15 is 0 Å². The van der Waals surface area contributed by atoms with Gasteiger partial charge in [-0.2, -0.15) is 0 Å². The average molecular weight is 195 g/mol. The van der Waals surface area contributed by atoms with E-state index in [0.717, 1.165) is 18.8 Å². The first kappa shape index (κ1) is 11.2. The quantitative estimate of drug-likeness (QED) is 0.755. The number of aromatic amines is 1. The summed E-state index contributed by atoms with van der Waals surface area (Å²) in [4.78, 5) is 7.65. The van der Waals surface area contributed by atoms with Gasteiger partial charge in [-0.1, -0.05) is 27.7 Å². The Morgan fingerprint density at radius 1 is 1.36 bits per heavy atom. The van der Waals surface area contributed by atoms with Crippen molar-refractivity contribution in [2.45, 2.75) is 46.7 Å². The fraction of sp³-hybridized carbons (Fsp3) is 0.727. The Hall–Kier alpha value is -0.830. The first-order valence-corrected chi connectivity index (χ1v) is 5.34. The van der Waals surface area contributed by atoms with Crippen molar-refractivity contribution in [3.8, 4) is 0 Å². The molecule has 0 amide bonds. The smallest absolute Gasteiger partial charge is 0.120 e. The standard InChI is InChI=1S/C11H21N3/c1-8(2)5-10-6-13-11(14-10)7-12-9(3)4/h6,8-9,12H,5,7H2,1-4H3,(H,13,14). The molecule has 1 rings (SSSR count). The zero-order valence-electron chi connectivity index (χ0n) is 9.59. The first-order valence-electron chi connectivity index (χ1n) is 5.34. The highest BCUT2D eigenvalue weighted by Crippen LogP contribution is 2.05. The normalized spacial score (nSPS) is 11.6. The Labute approximate surface area is 86.3 Å². The van der Waals surface area contributed by atoms with Gasteiger partial charge in [0.25, 0.3) is 0 Å².